The first-order valence-electron chi connectivity index (χ1n) is 4.51. The maximum atomic E-state index is 12.6. The first-order chi connectivity index (χ1) is 8.42. The predicted molar refractivity (Wildman–Crippen MR) is 54.1 cm³/mol. The lowest BCUT2D eigenvalue weighted by Crippen LogP contribution is -2.08. The number of esters is 1. The highest BCUT2D eigenvalue weighted by atomic mass is 19.3. The van der Waals surface area contributed by atoms with Crippen molar-refractivity contribution in [3.63, 3.8) is 0 Å². The van der Waals surface area contributed by atoms with E-state index in [1.165, 1.54) is 6.07 Å². The molecule has 0 radical (unpaired) electrons. The number of ether oxygens (including phenoxy) is 1. The number of nitrogens with zero attached hydrogens (tertiary/aromatic N) is 2. The first-order valence-corrected chi connectivity index (χ1v) is 4.51. The van der Waals surface area contributed by atoms with Crippen LogP contribution in [0.25, 0.3) is 0 Å². The van der Waals surface area contributed by atoms with Gasteiger partial charge in [-0.1, -0.05) is 0 Å². The second-order valence-electron chi connectivity index (χ2n) is 3.12. The van der Waals surface area contributed by atoms with Gasteiger partial charge in [0.25, 0.3) is 12.1 Å². The van der Waals surface area contributed by atoms with Crippen molar-refractivity contribution in [2.24, 2.45) is 0 Å². The van der Waals surface area contributed by atoms with Crippen LogP contribution in [0.1, 0.15) is 27.9 Å². The van der Waals surface area contributed by atoms with E-state index in [2.05, 4.69) is 4.74 Å². The van der Waals surface area contributed by atoms with Crippen molar-refractivity contribution >= 4 is 11.7 Å². The van der Waals surface area contributed by atoms with Crippen LogP contribution in [-0.2, 0) is 4.74 Å². The zero-order chi connectivity index (χ0) is 13.9. The van der Waals surface area contributed by atoms with Gasteiger partial charge >= 0.3 is 5.97 Å². The number of nitriles is 1. The quantitative estimate of drug-likeness (QED) is 0.469. The van der Waals surface area contributed by atoms with E-state index in [0.717, 1.165) is 13.2 Å². The second-order valence-corrected chi connectivity index (χ2v) is 3.12. The van der Waals surface area contributed by atoms with Gasteiger partial charge in [-0.2, -0.15) is 5.26 Å². The first kappa shape index (κ1) is 13.5. The summed E-state index contributed by atoms with van der Waals surface area (Å²) >= 11 is 0. The number of nitro benzene ring substituents is 1. The van der Waals surface area contributed by atoms with Crippen LogP contribution < -0.4 is 0 Å². The Morgan fingerprint density at radius 1 is 1.56 bits per heavy atom. The molecule has 6 nitrogen and oxygen atoms in total. The number of methoxy groups -OCH3 is 1. The van der Waals surface area contributed by atoms with E-state index in [1.807, 2.05) is 0 Å². The van der Waals surface area contributed by atoms with Gasteiger partial charge in [0.2, 0.25) is 0 Å². The zero-order valence-electron chi connectivity index (χ0n) is 9.02. The molecule has 0 aliphatic carbocycles. The Balaban J connectivity index is 3.58. The van der Waals surface area contributed by atoms with E-state index in [4.69, 9.17) is 5.26 Å². The molecule has 0 N–H and O–H groups in total. The van der Waals surface area contributed by atoms with Crippen molar-refractivity contribution < 1.29 is 23.2 Å². The Hall–Kier alpha value is -2.56. The van der Waals surface area contributed by atoms with Crippen molar-refractivity contribution in [2.75, 3.05) is 7.11 Å². The van der Waals surface area contributed by atoms with Crippen LogP contribution in [0.2, 0.25) is 0 Å². The Kier molecular flexibility index (Phi) is 3.89. The molecule has 0 aliphatic rings. The molecule has 0 saturated heterocycles. The van der Waals surface area contributed by atoms with Crippen LogP contribution in [0.4, 0.5) is 14.5 Å². The van der Waals surface area contributed by atoms with E-state index in [9.17, 15) is 23.7 Å². The number of benzene rings is 1. The molecule has 0 aliphatic heterocycles. The molecule has 0 heterocycles. The number of hydrogen-bond donors (Lipinski definition) is 0. The maximum absolute atomic E-state index is 12.6. The van der Waals surface area contributed by atoms with E-state index in [0.29, 0.717) is 6.07 Å². The fourth-order valence-electron chi connectivity index (χ4n) is 1.31. The summed E-state index contributed by atoms with van der Waals surface area (Å²) in [4.78, 5) is 21.0. The summed E-state index contributed by atoms with van der Waals surface area (Å²) in [7, 11) is 0.985. The van der Waals surface area contributed by atoms with Gasteiger partial charge in [-0.3, -0.25) is 10.1 Å². The average molecular weight is 256 g/mol. The van der Waals surface area contributed by atoms with Gasteiger partial charge in [0.05, 0.1) is 23.7 Å². The molecular formula is C10H6F2N2O4. The number of alkyl halides is 2. The Morgan fingerprint density at radius 3 is 2.56 bits per heavy atom. The maximum Gasteiger partial charge on any atom is 0.344 e. The minimum absolute atomic E-state index is 0.504. The van der Waals surface area contributed by atoms with Crippen molar-refractivity contribution in [1.29, 1.82) is 5.26 Å². The van der Waals surface area contributed by atoms with Gasteiger partial charge in [-0.15, -0.1) is 0 Å². The Bertz CT molecular complexity index is 552. The molecule has 1 aromatic rings. The third-order valence-corrected chi connectivity index (χ3v) is 2.13. The van der Waals surface area contributed by atoms with E-state index >= 15 is 0 Å². The zero-order valence-corrected chi connectivity index (χ0v) is 9.02. The molecule has 0 amide bonds. The van der Waals surface area contributed by atoms with Crippen LogP contribution in [0.3, 0.4) is 0 Å². The third-order valence-electron chi connectivity index (χ3n) is 2.13. The second kappa shape index (κ2) is 5.18. The Labute approximate surface area is 99.5 Å². The van der Waals surface area contributed by atoms with Crippen molar-refractivity contribution in [3.05, 3.63) is 38.9 Å². The highest BCUT2D eigenvalue weighted by Gasteiger charge is 2.26. The minimum Gasteiger partial charge on any atom is -0.465 e. The number of nitro groups is 1. The number of carbonyl (C=O) groups is 1. The number of halogens is 2. The average Bonchev–Trinajstić information content (AvgIpc) is 2.35. The van der Waals surface area contributed by atoms with Crippen LogP contribution >= 0.6 is 0 Å². The molecule has 0 fully saturated rings. The smallest absolute Gasteiger partial charge is 0.344 e. The van der Waals surface area contributed by atoms with Crippen molar-refractivity contribution in [1.82, 2.24) is 0 Å². The lowest BCUT2D eigenvalue weighted by atomic mass is 10.0. The van der Waals surface area contributed by atoms with Crippen LogP contribution in [-0.4, -0.2) is 18.0 Å². The summed E-state index contributed by atoms with van der Waals surface area (Å²) in [5.41, 5.74) is -2.66. The van der Waals surface area contributed by atoms with Crippen LogP contribution in [0.5, 0.6) is 0 Å². The third kappa shape index (κ3) is 2.40. The number of rotatable bonds is 3. The molecule has 8 heteroatoms. The van der Waals surface area contributed by atoms with Crippen LogP contribution in [0, 0.1) is 21.4 Å². The standard InChI is InChI=1S/C10H6F2N2O4/c1-18-10(15)7-2-5(4-13)6(9(11)12)3-8(7)14(16)17/h2-3,9H,1H3. The normalized spacial score (nSPS) is 9.94. The van der Waals surface area contributed by atoms with Crippen LogP contribution in [0.15, 0.2) is 12.1 Å². The summed E-state index contributed by atoms with van der Waals surface area (Å²) < 4.78 is 29.5. The highest BCUT2D eigenvalue weighted by Crippen LogP contribution is 2.30. The van der Waals surface area contributed by atoms with E-state index < -0.39 is 39.7 Å². The van der Waals surface area contributed by atoms with Gasteiger partial charge < -0.3 is 4.74 Å². The summed E-state index contributed by atoms with van der Waals surface area (Å²) in [6.07, 6.45) is -3.05. The van der Waals surface area contributed by atoms with Gasteiger partial charge in [0, 0.05) is 11.6 Å². The number of carbonyl (C=O) groups excluding carboxylic acids is 1. The fourth-order valence-corrected chi connectivity index (χ4v) is 1.31. The SMILES string of the molecule is COC(=O)c1cc(C#N)c(C(F)F)cc1[N+](=O)[O-]. The molecule has 0 saturated carbocycles. The monoisotopic (exact) mass is 256 g/mol. The van der Waals surface area contributed by atoms with Gasteiger partial charge in [-0.05, 0) is 6.07 Å². The molecule has 94 valence electrons. The lowest BCUT2D eigenvalue weighted by molar-refractivity contribution is -0.385. The molecular weight excluding hydrogens is 250 g/mol. The molecule has 1 rings (SSSR count). The molecule has 0 aromatic heterocycles. The van der Waals surface area contributed by atoms with E-state index in [1.54, 1.807) is 0 Å². The molecule has 0 atom stereocenters. The highest BCUT2D eigenvalue weighted by molar-refractivity contribution is 5.94. The van der Waals surface area contributed by atoms with Gasteiger partial charge in [0.1, 0.15) is 5.56 Å². The Morgan fingerprint density at radius 2 is 2.17 bits per heavy atom. The van der Waals surface area contributed by atoms with E-state index in [-0.39, 0.29) is 0 Å². The molecule has 0 bridgehead atoms. The van der Waals surface area contributed by atoms with Crippen molar-refractivity contribution in [2.45, 2.75) is 6.43 Å². The molecule has 0 spiro atoms. The number of hydrogen-bond acceptors (Lipinski definition) is 5. The molecule has 18 heavy (non-hydrogen) atoms. The summed E-state index contributed by atoms with van der Waals surface area (Å²) in [6, 6.07) is 2.69. The van der Waals surface area contributed by atoms with Crippen molar-refractivity contribution in [3.8, 4) is 6.07 Å². The van der Waals surface area contributed by atoms with Gasteiger partial charge in [0.15, 0.2) is 0 Å². The molecule has 1 aromatic carbocycles. The molecule has 0 unspecified atom stereocenters. The summed E-state index contributed by atoms with van der Waals surface area (Å²) in [6.45, 7) is 0. The lowest BCUT2D eigenvalue weighted by Gasteiger charge is -2.06. The summed E-state index contributed by atoms with van der Waals surface area (Å²) in [5.74, 6) is -1.07. The predicted octanol–water partition coefficient (Wildman–Crippen LogP) is 2.19. The summed E-state index contributed by atoms with van der Waals surface area (Å²) in [5, 5.41) is 19.4. The fraction of sp³-hybridized carbons (Fsp3) is 0.200. The largest absolute Gasteiger partial charge is 0.465 e. The topological polar surface area (TPSA) is 93.2 Å². The minimum atomic E-state index is -3.05. The van der Waals surface area contributed by atoms with Gasteiger partial charge in [-0.25, -0.2) is 13.6 Å².